The third kappa shape index (κ3) is 36.2. The molecule has 0 rings (SSSR count). The summed E-state index contributed by atoms with van der Waals surface area (Å²) in [7, 11) is -4.06. The molecular formula is C50H98N2O7P+. The molecule has 0 aromatic heterocycles. The second kappa shape index (κ2) is 43.0. The van der Waals surface area contributed by atoms with Crippen molar-refractivity contribution < 1.29 is 36.9 Å². The van der Waals surface area contributed by atoms with Crippen molar-refractivity contribution in [3.8, 4) is 0 Å². The van der Waals surface area contributed by atoms with E-state index >= 15 is 0 Å². The van der Waals surface area contributed by atoms with Crippen LogP contribution in [0, 0.1) is 6.57 Å². The van der Waals surface area contributed by atoms with Crippen molar-refractivity contribution in [1.82, 2.24) is 0 Å². The van der Waals surface area contributed by atoms with Gasteiger partial charge in [0.1, 0.15) is 31.6 Å². The first-order chi connectivity index (χ1) is 29.2. The van der Waals surface area contributed by atoms with Crippen LogP contribution in [-0.4, -0.2) is 74.9 Å². The highest BCUT2D eigenvalue weighted by Gasteiger charge is 2.32. The number of ketones is 1. The van der Waals surface area contributed by atoms with Gasteiger partial charge in [0.05, 0.1) is 26.2 Å². The summed E-state index contributed by atoms with van der Waals surface area (Å²) < 4.78 is 38.2. The lowest BCUT2D eigenvalue weighted by Crippen LogP contribution is -2.51. The number of phosphoric ester groups is 1. The molecule has 60 heavy (non-hydrogen) atoms. The Morgan fingerprint density at radius 2 is 0.900 bits per heavy atom. The van der Waals surface area contributed by atoms with Gasteiger partial charge in [-0.15, -0.1) is 0 Å². The lowest BCUT2D eigenvalue weighted by molar-refractivity contribution is -0.928. The number of esters is 1. The van der Waals surface area contributed by atoms with Gasteiger partial charge in [0, 0.05) is 19.3 Å². The zero-order chi connectivity index (χ0) is 44.3. The van der Waals surface area contributed by atoms with Crippen LogP contribution in [0.3, 0.4) is 0 Å². The van der Waals surface area contributed by atoms with E-state index in [1.807, 2.05) is 0 Å². The number of hydrogen-bond acceptors (Lipinski definition) is 7. The molecule has 0 aliphatic carbocycles. The molecule has 0 aliphatic heterocycles. The number of Topliss-reactive ketones (excluding diaryl/α,β-unsaturated/α-hetero) is 1. The van der Waals surface area contributed by atoms with Gasteiger partial charge in [-0.3, -0.25) is 23.2 Å². The molecule has 0 bridgehead atoms. The number of phosphoric acid groups is 1. The molecule has 0 amide bonds. The maximum atomic E-state index is 14.0. The molecule has 0 aliphatic rings. The second-order valence-corrected chi connectivity index (χ2v) is 19.4. The van der Waals surface area contributed by atoms with Gasteiger partial charge in [0.25, 0.3) is 0 Å². The van der Waals surface area contributed by atoms with Gasteiger partial charge in [0.15, 0.2) is 0 Å². The molecule has 2 unspecified atom stereocenters. The van der Waals surface area contributed by atoms with Gasteiger partial charge >= 0.3 is 13.8 Å². The lowest BCUT2D eigenvalue weighted by atomic mass is 10.0. The van der Waals surface area contributed by atoms with Crippen LogP contribution < -0.4 is 0 Å². The summed E-state index contributed by atoms with van der Waals surface area (Å²) in [4.78, 5) is 29.4. The van der Waals surface area contributed by atoms with Gasteiger partial charge in [-0.25, -0.2) is 11.1 Å². The van der Waals surface area contributed by atoms with E-state index in [9.17, 15) is 14.2 Å². The first-order valence-corrected chi connectivity index (χ1v) is 27.1. The van der Waals surface area contributed by atoms with Gasteiger partial charge in [-0.2, -0.15) is 0 Å². The Labute approximate surface area is 372 Å². The number of hydrogen-bond donors (Lipinski definition) is 0. The minimum Gasteiger partial charge on any atom is -0.460 e. The first-order valence-electron chi connectivity index (χ1n) is 25.7. The molecule has 0 saturated heterocycles. The number of quaternary nitrogens is 1. The van der Waals surface area contributed by atoms with Crippen LogP contribution in [0.25, 0.3) is 4.85 Å². The van der Waals surface area contributed by atoms with E-state index in [1.165, 1.54) is 128 Å². The highest BCUT2D eigenvalue weighted by atomic mass is 31.2. The van der Waals surface area contributed by atoms with Gasteiger partial charge < -0.3 is 14.1 Å². The molecule has 10 heteroatoms. The number of carbonyl (C=O) groups is 2. The van der Waals surface area contributed by atoms with Gasteiger partial charge in [-0.05, 0) is 38.5 Å². The summed E-state index contributed by atoms with van der Waals surface area (Å²) in [5.74, 6) is -0.165. The normalized spacial score (nSPS) is 13.3. The molecule has 9 nitrogen and oxygen atoms in total. The van der Waals surface area contributed by atoms with Crippen LogP contribution in [0.5, 0.6) is 0 Å². The van der Waals surface area contributed by atoms with Gasteiger partial charge in [-0.1, -0.05) is 189 Å². The Morgan fingerprint density at radius 1 is 0.500 bits per heavy atom. The number of unbranched alkanes of at least 4 members (excludes halogenated alkanes) is 24. The predicted octanol–water partition coefficient (Wildman–Crippen LogP) is 15.3. The number of ether oxygens (including phenoxy) is 1. The zero-order valence-electron chi connectivity index (χ0n) is 40.3. The summed E-state index contributed by atoms with van der Waals surface area (Å²) >= 11 is 0. The molecule has 0 heterocycles. The molecule has 0 spiro atoms. The van der Waals surface area contributed by atoms with Crippen LogP contribution in [0.2, 0.25) is 0 Å². The third-order valence-corrected chi connectivity index (χ3v) is 13.3. The van der Waals surface area contributed by atoms with Crippen LogP contribution >= 0.6 is 7.82 Å². The van der Waals surface area contributed by atoms with Crippen molar-refractivity contribution in [2.45, 2.75) is 253 Å². The van der Waals surface area contributed by atoms with Crippen molar-refractivity contribution in [3.05, 3.63) is 11.4 Å². The molecule has 0 fully saturated rings. The maximum absolute atomic E-state index is 14.0. The fraction of sp³-hybridized carbons (Fsp3) is 0.940. The Kier molecular flexibility index (Phi) is 42.0. The van der Waals surface area contributed by atoms with Crippen LogP contribution in [0.1, 0.15) is 247 Å². The van der Waals surface area contributed by atoms with E-state index in [0.717, 1.165) is 81.9 Å². The van der Waals surface area contributed by atoms with Crippen LogP contribution in [-0.2, 0) is 32.5 Å². The Morgan fingerprint density at radius 3 is 1.32 bits per heavy atom. The SMILES string of the molecule is [C-]#[N+]CCOP(=O)(OCC[N+](CCC)(CCC)CCC)OCC(CCC(=O)CCCCCCCCCCCCCCC)OC(=O)CCCCCCCCCCCCCCC. The topological polar surface area (TPSA) is 92.5 Å². The molecule has 0 N–H and O–H groups in total. The largest absolute Gasteiger partial charge is 0.475 e. The van der Waals surface area contributed by atoms with Crippen molar-refractivity contribution >= 4 is 19.6 Å². The smallest absolute Gasteiger partial charge is 0.460 e. The minimum atomic E-state index is -4.06. The molecule has 0 aromatic carbocycles. The standard InChI is InChI=1S/C50H98N2O7P/c1-7-12-14-16-18-20-22-24-26-28-30-32-34-36-48(53)38-39-49(59-50(54)37-35-33-31-29-27-25-23-21-19-17-15-13-8-2)47-58-60(55,56-45-40-51-6)57-46-44-52(41-9-3,42-10-4)43-11-5/h49H,7-47H2,1-5H3/q+1. The van der Waals surface area contributed by atoms with Gasteiger partial charge in [0.2, 0.25) is 6.54 Å². The summed E-state index contributed by atoms with van der Waals surface area (Å²) in [6, 6.07) is 0. The average Bonchev–Trinajstić information content (AvgIpc) is 3.22. The quantitative estimate of drug-likeness (QED) is 0.0198. The molecule has 0 saturated carbocycles. The highest BCUT2D eigenvalue weighted by molar-refractivity contribution is 7.48. The Bertz CT molecular complexity index is 1050. The van der Waals surface area contributed by atoms with Crippen LogP contribution in [0.4, 0.5) is 0 Å². The molecule has 0 aromatic rings. The highest BCUT2D eigenvalue weighted by Crippen LogP contribution is 2.49. The summed E-state index contributed by atoms with van der Waals surface area (Å²) in [6.45, 7) is 21.9. The second-order valence-electron chi connectivity index (χ2n) is 17.7. The van der Waals surface area contributed by atoms with E-state index in [2.05, 4.69) is 39.5 Å². The Hall–Kier alpha value is -1.30. The monoisotopic (exact) mass is 870 g/mol. The van der Waals surface area contributed by atoms with E-state index < -0.39 is 13.9 Å². The number of rotatable bonds is 48. The van der Waals surface area contributed by atoms with Crippen molar-refractivity contribution in [1.29, 1.82) is 0 Å². The third-order valence-electron chi connectivity index (χ3n) is 11.9. The summed E-state index contributed by atoms with van der Waals surface area (Å²) in [5.41, 5.74) is 0. The average molecular weight is 870 g/mol. The van der Waals surface area contributed by atoms with Crippen molar-refractivity contribution in [2.24, 2.45) is 0 Å². The van der Waals surface area contributed by atoms with Crippen molar-refractivity contribution in [2.75, 3.05) is 52.5 Å². The number of carbonyl (C=O) groups excluding carboxylic acids is 2. The molecule has 2 atom stereocenters. The summed E-state index contributed by atoms with van der Waals surface area (Å²) in [5, 5.41) is 0. The van der Waals surface area contributed by atoms with Crippen LogP contribution in [0.15, 0.2) is 0 Å². The zero-order valence-corrected chi connectivity index (χ0v) is 41.2. The van der Waals surface area contributed by atoms with E-state index in [-0.39, 0.29) is 44.5 Å². The lowest BCUT2D eigenvalue weighted by Gasteiger charge is -2.38. The minimum absolute atomic E-state index is 0.0312. The maximum Gasteiger partial charge on any atom is 0.475 e. The fourth-order valence-corrected chi connectivity index (χ4v) is 9.60. The van der Waals surface area contributed by atoms with E-state index in [4.69, 9.17) is 24.9 Å². The molecular weight excluding hydrogens is 772 g/mol. The predicted molar refractivity (Wildman–Crippen MR) is 252 cm³/mol. The molecule has 0 radical (unpaired) electrons. The number of nitrogens with zero attached hydrogens (tertiary/aromatic N) is 2. The first kappa shape index (κ1) is 58.7. The van der Waals surface area contributed by atoms with E-state index in [0.29, 0.717) is 25.8 Å². The summed E-state index contributed by atoms with van der Waals surface area (Å²) in [6.07, 6.45) is 36.2. The Balaban J connectivity index is 5.09. The van der Waals surface area contributed by atoms with Crippen molar-refractivity contribution in [3.63, 3.8) is 0 Å². The van der Waals surface area contributed by atoms with E-state index in [1.54, 1.807) is 0 Å². The molecule has 354 valence electrons. The fourth-order valence-electron chi connectivity index (χ4n) is 8.42.